The van der Waals surface area contributed by atoms with Gasteiger partial charge < -0.3 is 15.7 Å². The Morgan fingerprint density at radius 3 is 2.61 bits per heavy atom. The van der Waals surface area contributed by atoms with Gasteiger partial charge in [-0.25, -0.2) is 4.79 Å². The smallest absolute Gasteiger partial charge is 0.315 e. The number of carbonyl (C=O) groups excluding carboxylic acids is 1. The molecule has 4 nitrogen and oxygen atoms in total. The van der Waals surface area contributed by atoms with Crippen LogP contribution in [0.25, 0.3) is 0 Å². The van der Waals surface area contributed by atoms with Crippen LogP contribution in [0.5, 0.6) is 0 Å². The zero-order valence-electron chi connectivity index (χ0n) is 10.8. The molecule has 3 N–H and O–H groups in total. The Labute approximate surface area is 112 Å². The minimum atomic E-state index is -0.872. The molecule has 0 aliphatic rings. The first-order valence-electron chi connectivity index (χ1n) is 5.80. The first-order chi connectivity index (χ1) is 8.53. The Bertz CT molecular complexity index is 369. The Kier molecular flexibility index (Phi) is 6.01. The normalized spacial score (nSPS) is 13.7. The van der Waals surface area contributed by atoms with Gasteiger partial charge in [-0.15, -0.1) is 0 Å². The highest BCUT2D eigenvalue weighted by Gasteiger charge is 2.20. The van der Waals surface area contributed by atoms with Crippen LogP contribution in [0.2, 0.25) is 0 Å². The maximum Gasteiger partial charge on any atom is 0.315 e. The van der Waals surface area contributed by atoms with Crippen LogP contribution < -0.4 is 10.6 Å². The Hall–Kier alpha value is -1.20. The van der Waals surface area contributed by atoms with E-state index in [0.29, 0.717) is 12.3 Å². The van der Waals surface area contributed by atoms with E-state index in [4.69, 9.17) is 0 Å². The fourth-order valence-corrected chi connectivity index (χ4v) is 2.20. The van der Waals surface area contributed by atoms with Gasteiger partial charge in [0.1, 0.15) is 0 Å². The topological polar surface area (TPSA) is 61.4 Å². The van der Waals surface area contributed by atoms with E-state index in [1.807, 2.05) is 36.6 Å². The molecule has 0 saturated heterocycles. The van der Waals surface area contributed by atoms with Crippen molar-refractivity contribution >= 4 is 17.8 Å². The Morgan fingerprint density at radius 1 is 1.33 bits per heavy atom. The van der Waals surface area contributed by atoms with Crippen molar-refractivity contribution in [2.45, 2.75) is 19.1 Å². The number of aliphatic hydroxyl groups is 1. The average Bonchev–Trinajstić information content (AvgIpc) is 2.35. The fourth-order valence-electron chi connectivity index (χ4n) is 1.47. The molecule has 1 aromatic rings. The summed E-state index contributed by atoms with van der Waals surface area (Å²) in [6, 6.07) is 9.42. The quantitative estimate of drug-likeness (QED) is 0.734. The lowest BCUT2D eigenvalue weighted by Crippen LogP contribution is -2.45. The molecule has 0 bridgehead atoms. The fraction of sp³-hybridized carbons (Fsp3) is 0.462. The lowest BCUT2D eigenvalue weighted by atomic mass is 10.1. The van der Waals surface area contributed by atoms with Crippen LogP contribution in [0.15, 0.2) is 30.3 Å². The van der Waals surface area contributed by atoms with Crippen molar-refractivity contribution < 1.29 is 9.90 Å². The molecule has 0 heterocycles. The first-order valence-corrected chi connectivity index (χ1v) is 7.20. The third-order valence-corrected chi connectivity index (χ3v) is 3.29. The van der Waals surface area contributed by atoms with Crippen molar-refractivity contribution in [3.8, 4) is 0 Å². The van der Waals surface area contributed by atoms with Crippen LogP contribution in [0.4, 0.5) is 4.79 Å². The number of benzene rings is 1. The number of hydrogen-bond donors (Lipinski definition) is 3. The molecule has 0 radical (unpaired) electrons. The van der Waals surface area contributed by atoms with Gasteiger partial charge in [0, 0.05) is 18.8 Å². The monoisotopic (exact) mass is 268 g/mol. The minimum Gasteiger partial charge on any atom is -0.387 e. The van der Waals surface area contributed by atoms with Gasteiger partial charge in [-0.2, -0.15) is 11.8 Å². The standard InChI is InChI=1S/C13H20N2O2S/c1-13(17,10-18-2)9-15-12(16)14-8-11-6-4-3-5-7-11/h3-7,17H,8-10H2,1-2H3,(H2,14,15,16). The molecule has 1 unspecified atom stereocenters. The number of carbonyl (C=O) groups is 1. The molecule has 0 spiro atoms. The summed E-state index contributed by atoms with van der Waals surface area (Å²) in [4.78, 5) is 11.5. The minimum absolute atomic E-state index is 0.245. The predicted molar refractivity (Wildman–Crippen MR) is 75.7 cm³/mol. The molecule has 0 fully saturated rings. The second-order valence-corrected chi connectivity index (χ2v) is 5.32. The molecule has 1 aromatic carbocycles. The molecule has 100 valence electrons. The lowest BCUT2D eigenvalue weighted by Gasteiger charge is -2.22. The van der Waals surface area contributed by atoms with E-state index in [1.165, 1.54) is 0 Å². The Morgan fingerprint density at radius 2 is 2.00 bits per heavy atom. The van der Waals surface area contributed by atoms with Gasteiger partial charge in [-0.05, 0) is 18.7 Å². The van der Waals surface area contributed by atoms with E-state index in [9.17, 15) is 9.90 Å². The van der Waals surface area contributed by atoms with Gasteiger partial charge in [-0.3, -0.25) is 0 Å². The number of rotatable bonds is 6. The largest absolute Gasteiger partial charge is 0.387 e. The SMILES string of the molecule is CSCC(C)(O)CNC(=O)NCc1ccccc1. The van der Waals surface area contributed by atoms with Crippen LogP contribution in [-0.2, 0) is 6.54 Å². The Balaban J connectivity index is 2.26. The lowest BCUT2D eigenvalue weighted by molar-refractivity contribution is 0.0869. The molecule has 1 rings (SSSR count). The molecule has 1 atom stereocenters. The molecule has 0 aliphatic carbocycles. The highest BCUT2D eigenvalue weighted by atomic mass is 32.2. The zero-order chi connectivity index (χ0) is 13.4. The number of thioether (sulfide) groups is 1. The maximum atomic E-state index is 11.5. The summed E-state index contributed by atoms with van der Waals surface area (Å²) < 4.78 is 0. The summed E-state index contributed by atoms with van der Waals surface area (Å²) in [6.45, 7) is 2.44. The van der Waals surface area contributed by atoms with Gasteiger partial charge >= 0.3 is 6.03 Å². The molecule has 18 heavy (non-hydrogen) atoms. The van der Waals surface area contributed by atoms with Gasteiger partial charge in [0.05, 0.1) is 5.60 Å². The van der Waals surface area contributed by atoms with Crippen LogP contribution in [-0.4, -0.2) is 35.3 Å². The number of hydrogen-bond acceptors (Lipinski definition) is 3. The van der Waals surface area contributed by atoms with E-state index in [0.717, 1.165) is 5.56 Å². The third kappa shape index (κ3) is 5.93. The summed E-state index contributed by atoms with van der Waals surface area (Å²) in [6.07, 6.45) is 1.92. The summed E-state index contributed by atoms with van der Waals surface area (Å²) in [5.74, 6) is 0.589. The summed E-state index contributed by atoms with van der Waals surface area (Å²) >= 11 is 1.55. The van der Waals surface area contributed by atoms with Gasteiger partial charge in [0.15, 0.2) is 0 Å². The summed E-state index contributed by atoms with van der Waals surface area (Å²) in [5.41, 5.74) is 0.173. The predicted octanol–water partition coefficient (Wildman–Crippen LogP) is 1.60. The van der Waals surface area contributed by atoms with Crippen molar-refractivity contribution in [3.05, 3.63) is 35.9 Å². The van der Waals surface area contributed by atoms with Crippen LogP contribution in [0.3, 0.4) is 0 Å². The molecule has 2 amide bonds. The van der Waals surface area contributed by atoms with E-state index in [-0.39, 0.29) is 12.6 Å². The van der Waals surface area contributed by atoms with E-state index >= 15 is 0 Å². The molecule has 5 heteroatoms. The van der Waals surface area contributed by atoms with Gasteiger partial charge in [0.2, 0.25) is 0 Å². The van der Waals surface area contributed by atoms with Crippen molar-refractivity contribution in [2.75, 3.05) is 18.6 Å². The van der Waals surface area contributed by atoms with E-state index < -0.39 is 5.60 Å². The average molecular weight is 268 g/mol. The van der Waals surface area contributed by atoms with E-state index in [1.54, 1.807) is 18.7 Å². The van der Waals surface area contributed by atoms with Crippen molar-refractivity contribution in [3.63, 3.8) is 0 Å². The highest BCUT2D eigenvalue weighted by molar-refractivity contribution is 7.98. The van der Waals surface area contributed by atoms with Crippen molar-refractivity contribution in [1.29, 1.82) is 0 Å². The van der Waals surface area contributed by atoms with Gasteiger partial charge in [-0.1, -0.05) is 30.3 Å². The second kappa shape index (κ2) is 7.28. The van der Waals surface area contributed by atoms with Crippen LogP contribution in [0.1, 0.15) is 12.5 Å². The van der Waals surface area contributed by atoms with Crippen LogP contribution in [0, 0.1) is 0 Å². The number of nitrogens with one attached hydrogen (secondary N) is 2. The summed E-state index contributed by atoms with van der Waals surface area (Å²) in [7, 11) is 0. The third-order valence-electron chi connectivity index (χ3n) is 2.38. The number of urea groups is 1. The zero-order valence-corrected chi connectivity index (χ0v) is 11.6. The molecular formula is C13H20N2O2S. The molecular weight excluding hydrogens is 248 g/mol. The highest BCUT2D eigenvalue weighted by Crippen LogP contribution is 2.08. The molecule has 0 aliphatic heterocycles. The first kappa shape index (κ1) is 14.9. The van der Waals surface area contributed by atoms with Crippen molar-refractivity contribution in [1.82, 2.24) is 10.6 Å². The molecule has 0 aromatic heterocycles. The molecule has 0 saturated carbocycles. The van der Waals surface area contributed by atoms with Crippen molar-refractivity contribution in [2.24, 2.45) is 0 Å². The maximum absolute atomic E-state index is 11.5. The van der Waals surface area contributed by atoms with E-state index in [2.05, 4.69) is 10.6 Å². The summed E-state index contributed by atoms with van der Waals surface area (Å²) in [5, 5.41) is 15.3. The van der Waals surface area contributed by atoms with Gasteiger partial charge in [0.25, 0.3) is 0 Å². The number of amides is 2. The second-order valence-electron chi connectivity index (χ2n) is 4.45. The van der Waals surface area contributed by atoms with Crippen LogP contribution >= 0.6 is 11.8 Å².